The normalized spacial score (nSPS) is 11.8. The molecule has 0 aliphatic heterocycles. The van der Waals surface area contributed by atoms with Crippen LogP contribution in [-0.4, -0.2) is 0 Å². The van der Waals surface area contributed by atoms with Gasteiger partial charge in [0.05, 0.1) is 6.07 Å². The summed E-state index contributed by atoms with van der Waals surface area (Å²) < 4.78 is 0. The van der Waals surface area contributed by atoms with Crippen LogP contribution in [0.4, 0.5) is 0 Å². The minimum absolute atomic E-state index is 0.560. The second kappa shape index (κ2) is 5.05. The van der Waals surface area contributed by atoms with E-state index in [9.17, 15) is 0 Å². The SMILES string of the molecule is CC(C)=CC(C)CCC#N. The Balaban J connectivity index is 3.55. The van der Waals surface area contributed by atoms with Crippen molar-refractivity contribution in [3.05, 3.63) is 11.6 Å². The highest BCUT2D eigenvalue weighted by Gasteiger charge is 1.95. The van der Waals surface area contributed by atoms with Gasteiger partial charge in [-0.25, -0.2) is 0 Å². The standard InChI is InChI=1S/C9H15N/c1-8(2)7-9(3)5-4-6-10/h7,9H,4-5H2,1-3H3. The molecule has 0 saturated carbocycles. The fourth-order valence-corrected chi connectivity index (χ4v) is 0.945. The first-order valence-corrected chi connectivity index (χ1v) is 3.68. The van der Waals surface area contributed by atoms with Crippen molar-refractivity contribution in [1.82, 2.24) is 0 Å². The number of nitrogens with zero attached hydrogens (tertiary/aromatic N) is 1. The van der Waals surface area contributed by atoms with Crippen LogP contribution in [0.3, 0.4) is 0 Å². The largest absolute Gasteiger partial charge is 0.198 e. The van der Waals surface area contributed by atoms with Gasteiger partial charge in [0.15, 0.2) is 0 Å². The first-order chi connectivity index (χ1) is 4.66. The third-order valence-electron chi connectivity index (χ3n) is 1.33. The summed E-state index contributed by atoms with van der Waals surface area (Å²) in [7, 11) is 0. The van der Waals surface area contributed by atoms with Gasteiger partial charge in [0.2, 0.25) is 0 Å². The molecule has 0 spiro atoms. The summed E-state index contributed by atoms with van der Waals surface area (Å²) in [5, 5.41) is 8.28. The van der Waals surface area contributed by atoms with Crippen molar-refractivity contribution in [2.45, 2.75) is 33.6 Å². The molecule has 0 heterocycles. The third-order valence-corrected chi connectivity index (χ3v) is 1.33. The lowest BCUT2D eigenvalue weighted by molar-refractivity contribution is 0.658. The van der Waals surface area contributed by atoms with Gasteiger partial charge in [-0.15, -0.1) is 0 Å². The summed E-state index contributed by atoms with van der Waals surface area (Å²) in [5.74, 6) is 0.560. The van der Waals surface area contributed by atoms with E-state index in [4.69, 9.17) is 5.26 Å². The average molecular weight is 137 g/mol. The van der Waals surface area contributed by atoms with Crippen LogP contribution >= 0.6 is 0 Å². The first kappa shape index (κ1) is 9.23. The number of allylic oxidation sites excluding steroid dienone is 2. The van der Waals surface area contributed by atoms with Crippen LogP contribution in [0.25, 0.3) is 0 Å². The molecule has 0 fully saturated rings. The molecule has 0 saturated heterocycles. The highest BCUT2D eigenvalue weighted by molar-refractivity contribution is 4.96. The van der Waals surface area contributed by atoms with Gasteiger partial charge in [0, 0.05) is 6.42 Å². The zero-order valence-electron chi connectivity index (χ0n) is 7.02. The maximum Gasteiger partial charge on any atom is 0.0621 e. The van der Waals surface area contributed by atoms with Crippen molar-refractivity contribution in [2.75, 3.05) is 0 Å². The minimum Gasteiger partial charge on any atom is -0.198 e. The monoisotopic (exact) mass is 137 g/mol. The molecule has 56 valence electrons. The van der Waals surface area contributed by atoms with Gasteiger partial charge in [0.25, 0.3) is 0 Å². The summed E-state index contributed by atoms with van der Waals surface area (Å²) in [5.41, 5.74) is 1.34. The Kier molecular flexibility index (Phi) is 4.66. The first-order valence-electron chi connectivity index (χ1n) is 3.68. The van der Waals surface area contributed by atoms with Gasteiger partial charge in [-0.1, -0.05) is 18.6 Å². The topological polar surface area (TPSA) is 23.8 Å². The molecule has 0 N–H and O–H groups in total. The van der Waals surface area contributed by atoms with Crippen molar-refractivity contribution in [3.8, 4) is 6.07 Å². The maximum absolute atomic E-state index is 8.28. The Bertz CT molecular complexity index is 147. The van der Waals surface area contributed by atoms with Crippen molar-refractivity contribution in [1.29, 1.82) is 5.26 Å². The number of hydrogen-bond acceptors (Lipinski definition) is 1. The van der Waals surface area contributed by atoms with Crippen molar-refractivity contribution in [2.24, 2.45) is 5.92 Å². The quantitative estimate of drug-likeness (QED) is 0.549. The second-order valence-electron chi connectivity index (χ2n) is 2.92. The molecule has 1 heteroatoms. The van der Waals surface area contributed by atoms with Crippen LogP contribution in [0, 0.1) is 17.2 Å². The lowest BCUT2D eigenvalue weighted by Crippen LogP contribution is -1.88. The molecule has 0 aliphatic rings. The van der Waals surface area contributed by atoms with Crippen molar-refractivity contribution in [3.63, 3.8) is 0 Å². The second-order valence-corrected chi connectivity index (χ2v) is 2.92. The van der Waals surface area contributed by atoms with Gasteiger partial charge in [0.1, 0.15) is 0 Å². The fraction of sp³-hybridized carbons (Fsp3) is 0.667. The molecule has 1 unspecified atom stereocenters. The third kappa shape index (κ3) is 5.37. The molecule has 0 amide bonds. The number of hydrogen-bond donors (Lipinski definition) is 0. The van der Waals surface area contributed by atoms with Crippen LogP contribution in [0.5, 0.6) is 0 Å². The summed E-state index contributed by atoms with van der Waals surface area (Å²) in [6.07, 6.45) is 3.87. The van der Waals surface area contributed by atoms with Crippen LogP contribution in [0.15, 0.2) is 11.6 Å². The zero-order valence-corrected chi connectivity index (χ0v) is 7.02. The molecule has 0 aliphatic carbocycles. The lowest BCUT2D eigenvalue weighted by Gasteiger charge is -2.01. The number of rotatable bonds is 3. The van der Waals surface area contributed by atoms with Gasteiger partial charge >= 0.3 is 0 Å². The Labute approximate surface area is 63.4 Å². The molecule has 0 bridgehead atoms. The van der Waals surface area contributed by atoms with E-state index < -0.39 is 0 Å². The number of nitriles is 1. The van der Waals surface area contributed by atoms with Gasteiger partial charge in [-0.05, 0) is 26.2 Å². The van der Waals surface area contributed by atoms with E-state index in [0.29, 0.717) is 12.3 Å². The van der Waals surface area contributed by atoms with Crippen molar-refractivity contribution >= 4 is 0 Å². The van der Waals surface area contributed by atoms with E-state index in [-0.39, 0.29) is 0 Å². The minimum atomic E-state index is 0.560. The van der Waals surface area contributed by atoms with E-state index in [1.807, 2.05) is 0 Å². The van der Waals surface area contributed by atoms with Crippen molar-refractivity contribution < 1.29 is 0 Å². The van der Waals surface area contributed by atoms with E-state index >= 15 is 0 Å². The van der Waals surface area contributed by atoms with Crippen LogP contribution in [0.2, 0.25) is 0 Å². The molecular formula is C9H15N. The summed E-state index contributed by atoms with van der Waals surface area (Å²) in [6.45, 7) is 6.32. The maximum atomic E-state index is 8.28. The molecule has 10 heavy (non-hydrogen) atoms. The smallest absolute Gasteiger partial charge is 0.0621 e. The van der Waals surface area contributed by atoms with Gasteiger partial charge in [-0.2, -0.15) is 5.26 Å². The lowest BCUT2D eigenvalue weighted by atomic mass is 10.0. The zero-order chi connectivity index (χ0) is 7.98. The van der Waals surface area contributed by atoms with Crippen LogP contribution < -0.4 is 0 Å². The van der Waals surface area contributed by atoms with Gasteiger partial charge in [-0.3, -0.25) is 0 Å². The summed E-state index contributed by atoms with van der Waals surface area (Å²) >= 11 is 0. The predicted octanol–water partition coefficient (Wildman–Crippen LogP) is 2.89. The van der Waals surface area contributed by atoms with Crippen LogP contribution in [0.1, 0.15) is 33.6 Å². The van der Waals surface area contributed by atoms with E-state index in [0.717, 1.165) is 6.42 Å². The van der Waals surface area contributed by atoms with Gasteiger partial charge < -0.3 is 0 Å². The molecule has 0 aromatic heterocycles. The molecule has 0 aromatic carbocycles. The Morgan fingerprint density at radius 3 is 2.60 bits per heavy atom. The summed E-state index contributed by atoms with van der Waals surface area (Å²) in [6, 6.07) is 2.14. The molecule has 0 rings (SSSR count). The Hall–Kier alpha value is -0.770. The van der Waals surface area contributed by atoms with E-state index in [1.54, 1.807) is 0 Å². The van der Waals surface area contributed by atoms with Crippen LogP contribution in [-0.2, 0) is 0 Å². The Morgan fingerprint density at radius 2 is 2.20 bits per heavy atom. The Morgan fingerprint density at radius 1 is 1.60 bits per heavy atom. The highest BCUT2D eigenvalue weighted by Crippen LogP contribution is 2.08. The predicted molar refractivity (Wildman–Crippen MR) is 43.4 cm³/mol. The van der Waals surface area contributed by atoms with E-state index in [1.165, 1.54) is 5.57 Å². The summed E-state index contributed by atoms with van der Waals surface area (Å²) in [4.78, 5) is 0. The molecule has 0 radical (unpaired) electrons. The average Bonchev–Trinajstić information content (AvgIpc) is 1.82. The highest BCUT2D eigenvalue weighted by atomic mass is 14.2. The molecular weight excluding hydrogens is 122 g/mol. The molecule has 1 atom stereocenters. The van der Waals surface area contributed by atoms with E-state index in [2.05, 4.69) is 32.9 Å². The molecule has 0 aromatic rings. The fourth-order valence-electron chi connectivity index (χ4n) is 0.945. The molecule has 1 nitrogen and oxygen atoms in total.